The van der Waals surface area contributed by atoms with Crippen molar-refractivity contribution in [2.75, 3.05) is 0 Å². The highest BCUT2D eigenvalue weighted by molar-refractivity contribution is 5.25. The highest BCUT2D eigenvalue weighted by Gasteiger charge is 2.36. The van der Waals surface area contributed by atoms with Crippen LogP contribution in [0.2, 0.25) is 0 Å². The van der Waals surface area contributed by atoms with E-state index in [1.807, 2.05) is 0 Å². The van der Waals surface area contributed by atoms with Crippen molar-refractivity contribution in [2.45, 2.75) is 45.4 Å². The van der Waals surface area contributed by atoms with Gasteiger partial charge in [-0.3, -0.25) is 0 Å². The van der Waals surface area contributed by atoms with E-state index < -0.39 is 0 Å². The normalized spacial score (nSPS) is 17.5. The summed E-state index contributed by atoms with van der Waals surface area (Å²) < 4.78 is 0. The Bertz CT molecular complexity index is 379. The van der Waals surface area contributed by atoms with Crippen molar-refractivity contribution in [3.05, 3.63) is 35.4 Å². The zero-order valence-electron chi connectivity index (χ0n) is 10.00. The van der Waals surface area contributed by atoms with Crippen LogP contribution in [0, 0.1) is 16.7 Å². The van der Waals surface area contributed by atoms with Gasteiger partial charge < -0.3 is 0 Å². The number of nitriles is 1. The average Bonchev–Trinajstić information content (AvgIpc) is 2.26. The van der Waals surface area contributed by atoms with Crippen molar-refractivity contribution in [1.82, 2.24) is 0 Å². The van der Waals surface area contributed by atoms with E-state index in [9.17, 15) is 5.26 Å². The largest absolute Gasteiger partial charge is 0.198 e. The average molecular weight is 213 g/mol. The van der Waals surface area contributed by atoms with Crippen LogP contribution in [0.4, 0.5) is 0 Å². The Morgan fingerprint density at radius 3 is 2.25 bits per heavy atom. The third-order valence-corrected chi connectivity index (χ3v) is 3.65. The maximum Gasteiger partial charge on any atom is 0.0693 e. The van der Waals surface area contributed by atoms with E-state index in [0.29, 0.717) is 0 Å². The Morgan fingerprint density at radius 2 is 1.81 bits per heavy atom. The van der Waals surface area contributed by atoms with Crippen molar-refractivity contribution >= 4 is 0 Å². The maximum absolute atomic E-state index is 9.19. The molecular weight excluding hydrogens is 194 g/mol. The van der Waals surface area contributed by atoms with Gasteiger partial charge in [-0.25, -0.2) is 0 Å². The van der Waals surface area contributed by atoms with E-state index in [1.165, 1.54) is 24.0 Å². The molecule has 0 spiro atoms. The molecule has 0 radical (unpaired) electrons. The fourth-order valence-electron chi connectivity index (χ4n) is 2.43. The molecule has 0 aliphatic heterocycles. The topological polar surface area (TPSA) is 23.8 Å². The molecule has 0 N–H and O–H groups in total. The molecule has 1 aromatic rings. The van der Waals surface area contributed by atoms with Gasteiger partial charge in [-0.05, 0) is 36.8 Å². The van der Waals surface area contributed by atoms with Crippen LogP contribution in [0.3, 0.4) is 0 Å². The molecule has 1 nitrogen and oxygen atoms in total. The lowest BCUT2D eigenvalue weighted by Crippen LogP contribution is -2.29. The third-order valence-electron chi connectivity index (χ3n) is 3.65. The fourth-order valence-corrected chi connectivity index (χ4v) is 2.43. The molecule has 1 aliphatic carbocycles. The van der Waals surface area contributed by atoms with Crippen molar-refractivity contribution in [3.63, 3.8) is 0 Å². The Hall–Kier alpha value is -1.29. The van der Waals surface area contributed by atoms with Gasteiger partial charge in [0, 0.05) is 0 Å². The molecule has 2 rings (SSSR count). The van der Waals surface area contributed by atoms with Crippen molar-refractivity contribution < 1.29 is 0 Å². The van der Waals surface area contributed by atoms with E-state index in [2.05, 4.69) is 37.3 Å². The van der Waals surface area contributed by atoms with Crippen LogP contribution in [0.5, 0.6) is 0 Å². The molecule has 1 saturated carbocycles. The van der Waals surface area contributed by atoms with Gasteiger partial charge in [0.2, 0.25) is 0 Å². The SMILES string of the molecule is CCCc1ccc(CC2(C#N)CCC2)cc1. The number of aryl methyl sites for hydroxylation is 1. The fraction of sp³-hybridized carbons (Fsp3) is 0.533. The summed E-state index contributed by atoms with van der Waals surface area (Å²) in [6, 6.07) is 11.3. The summed E-state index contributed by atoms with van der Waals surface area (Å²) in [6.45, 7) is 2.20. The van der Waals surface area contributed by atoms with E-state index in [-0.39, 0.29) is 5.41 Å². The van der Waals surface area contributed by atoms with Crippen molar-refractivity contribution in [2.24, 2.45) is 5.41 Å². The lowest BCUT2D eigenvalue weighted by atomic mass is 9.66. The first-order chi connectivity index (χ1) is 7.78. The number of hydrogen-bond acceptors (Lipinski definition) is 1. The summed E-state index contributed by atoms with van der Waals surface area (Å²) >= 11 is 0. The molecule has 0 atom stereocenters. The maximum atomic E-state index is 9.19. The third kappa shape index (κ3) is 2.27. The minimum Gasteiger partial charge on any atom is -0.198 e. The van der Waals surface area contributed by atoms with Gasteiger partial charge in [-0.15, -0.1) is 0 Å². The van der Waals surface area contributed by atoms with E-state index in [1.54, 1.807) is 0 Å². The summed E-state index contributed by atoms with van der Waals surface area (Å²) in [7, 11) is 0. The molecule has 0 unspecified atom stereocenters. The monoisotopic (exact) mass is 213 g/mol. The number of hydrogen-bond donors (Lipinski definition) is 0. The molecule has 1 aliphatic rings. The summed E-state index contributed by atoms with van der Waals surface area (Å²) in [5.74, 6) is 0. The Labute approximate surface area is 98.1 Å². The Kier molecular flexibility index (Phi) is 3.29. The standard InChI is InChI=1S/C15H19N/c1-2-4-13-5-7-14(8-6-13)11-15(12-16)9-3-10-15/h5-8H,2-4,9-11H2,1H3. The van der Waals surface area contributed by atoms with Crippen LogP contribution < -0.4 is 0 Å². The van der Waals surface area contributed by atoms with E-state index in [4.69, 9.17) is 0 Å². The lowest BCUT2D eigenvalue weighted by molar-refractivity contribution is 0.214. The predicted octanol–water partition coefficient (Wildman–Crippen LogP) is 3.88. The van der Waals surface area contributed by atoms with Gasteiger partial charge in [-0.2, -0.15) is 5.26 Å². The minimum absolute atomic E-state index is 0.0354. The van der Waals surface area contributed by atoms with E-state index >= 15 is 0 Å². The second kappa shape index (κ2) is 4.70. The van der Waals surface area contributed by atoms with Crippen LogP contribution in [-0.2, 0) is 12.8 Å². The summed E-state index contributed by atoms with van der Waals surface area (Å²) in [5.41, 5.74) is 2.69. The van der Waals surface area contributed by atoms with Gasteiger partial charge in [0.25, 0.3) is 0 Å². The van der Waals surface area contributed by atoms with Crippen molar-refractivity contribution in [3.8, 4) is 6.07 Å². The molecule has 1 fully saturated rings. The minimum atomic E-state index is -0.0354. The number of benzene rings is 1. The molecule has 0 amide bonds. The molecule has 0 saturated heterocycles. The summed E-state index contributed by atoms with van der Waals surface area (Å²) in [4.78, 5) is 0. The predicted molar refractivity (Wildman–Crippen MR) is 66.0 cm³/mol. The van der Waals surface area contributed by atoms with Crippen LogP contribution >= 0.6 is 0 Å². The quantitative estimate of drug-likeness (QED) is 0.744. The van der Waals surface area contributed by atoms with Gasteiger partial charge in [-0.1, -0.05) is 44.0 Å². The molecule has 0 bridgehead atoms. The zero-order chi connectivity index (χ0) is 11.4. The highest BCUT2D eigenvalue weighted by atomic mass is 14.4. The molecular formula is C15H19N. The second-order valence-corrected chi connectivity index (χ2v) is 4.99. The van der Waals surface area contributed by atoms with Gasteiger partial charge in [0.15, 0.2) is 0 Å². The molecule has 0 aromatic heterocycles. The zero-order valence-corrected chi connectivity index (χ0v) is 10.00. The summed E-state index contributed by atoms with van der Waals surface area (Å²) in [6.07, 6.45) is 6.68. The van der Waals surface area contributed by atoms with E-state index in [0.717, 1.165) is 25.7 Å². The highest BCUT2D eigenvalue weighted by Crippen LogP contribution is 2.42. The molecule has 1 aromatic carbocycles. The van der Waals surface area contributed by atoms with Crippen LogP contribution in [-0.4, -0.2) is 0 Å². The first kappa shape index (κ1) is 11.2. The number of nitrogens with zero attached hydrogens (tertiary/aromatic N) is 1. The van der Waals surface area contributed by atoms with Gasteiger partial charge in [0.05, 0.1) is 11.5 Å². The molecule has 1 heteroatoms. The molecule has 0 heterocycles. The van der Waals surface area contributed by atoms with Crippen LogP contribution in [0.15, 0.2) is 24.3 Å². The van der Waals surface area contributed by atoms with Gasteiger partial charge >= 0.3 is 0 Å². The van der Waals surface area contributed by atoms with Crippen LogP contribution in [0.25, 0.3) is 0 Å². The molecule has 84 valence electrons. The summed E-state index contributed by atoms with van der Waals surface area (Å²) in [5, 5.41) is 9.19. The molecule has 16 heavy (non-hydrogen) atoms. The Balaban J connectivity index is 2.02. The lowest BCUT2D eigenvalue weighted by Gasteiger charge is -2.35. The Morgan fingerprint density at radius 1 is 1.19 bits per heavy atom. The van der Waals surface area contributed by atoms with Crippen molar-refractivity contribution in [1.29, 1.82) is 5.26 Å². The number of rotatable bonds is 4. The first-order valence-electron chi connectivity index (χ1n) is 6.27. The van der Waals surface area contributed by atoms with Crippen LogP contribution in [0.1, 0.15) is 43.7 Å². The first-order valence-corrected chi connectivity index (χ1v) is 6.27. The van der Waals surface area contributed by atoms with Gasteiger partial charge in [0.1, 0.15) is 0 Å². The smallest absolute Gasteiger partial charge is 0.0693 e. The second-order valence-electron chi connectivity index (χ2n) is 4.99.